The lowest BCUT2D eigenvalue weighted by molar-refractivity contribution is -0.130. The van der Waals surface area contributed by atoms with E-state index in [1.807, 2.05) is 4.90 Å². The van der Waals surface area contributed by atoms with E-state index in [2.05, 4.69) is 58.7 Å². The fourth-order valence-electron chi connectivity index (χ4n) is 3.66. The third-order valence-corrected chi connectivity index (χ3v) is 5.02. The molecule has 5 heteroatoms. The maximum Gasteiger partial charge on any atom is 0.242 e. The topological polar surface area (TPSA) is 35.6 Å². The zero-order valence-corrected chi connectivity index (χ0v) is 15.1. The van der Waals surface area contributed by atoms with Crippen LogP contribution in [-0.4, -0.2) is 37.0 Å². The molecule has 0 spiro atoms. The van der Waals surface area contributed by atoms with Gasteiger partial charge in [0, 0.05) is 38.4 Å². The Morgan fingerprint density at radius 3 is 2.52 bits per heavy atom. The minimum atomic E-state index is 0. The lowest BCUT2D eigenvalue weighted by atomic mass is 10.00. The molecule has 25 heavy (non-hydrogen) atoms. The third kappa shape index (κ3) is 3.80. The summed E-state index contributed by atoms with van der Waals surface area (Å²) in [5.74, 6) is 0.223. The lowest BCUT2D eigenvalue weighted by Gasteiger charge is -2.32. The van der Waals surface area contributed by atoms with Gasteiger partial charge in [0.15, 0.2) is 0 Å². The molecule has 0 saturated heterocycles. The number of hydrogen-bond donors (Lipinski definition) is 1. The number of amides is 1. The van der Waals surface area contributed by atoms with Gasteiger partial charge in [-0.25, -0.2) is 0 Å². The summed E-state index contributed by atoms with van der Waals surface area (Å²) in [6.45, 7) is 4.67. The Bertz CT molecular complexity index is 749. The van der Waals surface area contributed by atoms with E-state index in [0.29, 0.717) is 6.54 Å². The van der Waals surface area contributed by atoms with Crippen molar-refractivity contribution in [1.82, 2.24) is 10.2 Å². The molecule has 132 valence electrons. The van der Waals surface area contributed by atoms with Crippen LogP contribution in [-0.2, 0) is 24.3 Å². The Morgan fingerprint density at radius 2 is 1.68 bits per heavy atom. The number of hydrogen-bond acceptors (Lipinski definition) is 3. The van der Waals surface area contributed by atoms with Crippen molar-refractivity contribution in [1.29, 1.82) is 0 Å². The number of para-hydroxylation sites is 1. The Hall–Kier alpha value is -2.04. The molecule has 0 aromatic heterocycles. The number of rotatable bonds is 2. The van der Waals surface area contributed by atoms with Crippen molar-refractivity contribution in [3.63, 3.8) is 0 Å². The molecule has 4 rings (SSSR count). The summed E-state index contributed by atoms with van der Waals surface area (Å²) in [5.41, 5.74) is 5.13. The molecule has 2 heterocycles. The quantitative estimate of drug-likeness (QED) is 0.897. The van der Waals surface area contributed by atoms with Gasteiger partial charge in [-0.1, -0.05) is 42.5 Å². The molecule has 0 atom stereocenters. The first kappa shape index (κ1) is 17.8. The Kier molecular flexibility index (Phi) is 5.61. The zero-order valence-electron chi connectivity index (χ0n) is 14.3. The van der Waals surface area contributed by atoms with Gasteiger partial charge in [-0.15, -0.1) is 12.4 Å². The van der Waals surface area contributed by atoms with E-state index in [-0.39, 0.29) is 18.3 Å². The first-order chi connectivity index (χ1) is 11.8. The molecule has 0 unspecified atom stereocenters. The summed E-state index contributed by atoms with van der Waals surface area (Å²) < 4.78 is 0. The van der Waals surface area contributed by atoms with Crippen molar-refractivity contribution in [3.8, 4) is 0 Å². The smallest absolute Gasteiger partial charge is 0.242 e. The standard InChI is InChI=1S/C20H23N3O.ClH/c24-20(23-11-9-16-5-1-2-7-18(16)14-23)15-22-12-10-21-13-17-6-3-4-8-19(17)22;/h1-8,21H,9-15H2;1H. The number of carbonyl (C=O) groups is 1. The van der Waals surface area contributed by atoms with Crippen LogP contribution in [0.4, 0.5) is 5.69 Å². The summed E-state index contributed by atoms with van der Waals surface area (Å²) in [7, 11) is 0. The average molecular weight is 358 g/mol. The first-order valence-electron chi connectivity index (χ1n) is 8.69. The SMILES string of the molecule is Cl.O=C(CN1CCNCc2ccccc21)N1CCc2ccccc2C1. The van der Waals surface area contributed by atoms with Crippen LogP contribution in [0.1, 0.15) is 16.7 Å². The molecule has 0 aliphatic carbocycles. The number of halogens is 1. The molecule has 0 bridgehead atoms. The minimum absolute atomic E-state index is 0. The van der Waals surface area contributed by atoms with E-state index in [9.17, 15) is 4.79 Å². The van der Waals surface area contributed by atoms with Gasteiger partial charge in [0.2, 0.25) is 5.91 Å². The normalized spacial score (nSPS) is 16.3. The number of fused-ring (bicyclic) bond motifs is 2. The number of nitrogens with one attached hydrogen (secondary N) is 1. The van der Waals surface area contributed by atoms with Crippen LogP contribution in [0.2, 0.25) is 0 Å². The van der Waals surface area contributed by atoms with E-state index in [4.69, 9.17) is 0 Å². The van der Waals surface area contributed by atoms with Gasteiger partial charge >= 0.3 is 0 Å². The highest BCUT2D eigenvalue weighted by atomic mass is 35.5. The van der Waals surface area contributed by atoms with Gasteiger partial charge in [0.05, 0.1) is 6.54 Å². The van der Waals surface area contributed by atoms with Crippen molar-refractivity contribution in [2.24, 2.45) is 0 Å². The number of nitrogens with zero attached hydrogens (tertiary/aromatic N) is 2. The van der Waals surface area contributed by atoms with Gasteiger partial charge in [-0.05, 0) is 29.2 Å². The van der Waals surface area contributed by atoms with Gasteiger partial charge in [0.25, 0.3) is 0 Å². The second-order valence-electron chi connectivity index (χ2n) is 6.56. The van der Waals surface area contributed by atoms with E-state index >= 15 is 0 Å². The first-order valence-corrected chi connectivity index (χ1v) is 8.69. The van der Waals surface area contributed by atoms with Crippen LogP contribution in [0.3, 0.4) is 0 Å². The van der Waals surface area contributed by atoms with Crippen molar-refractivity contribution in [2.45, 2.75) is 19.5 Å². The summed E-state index contributed by atoms with van der Waals surface area (Å²) in [6.07, 6.45) is 0.958. The second-order valence-corrected chi connectivity index (χ2v) is 6.56. The predicted molar refractivity (Wildman–Crippen MR) is 103 cm³/mol. The molecular formula is C20H24ClN3O. The Balaban J connectivity index is 0.00000182. The number of benzene rings is 2. The summed E-state index contributed by atoms with van der Waals surface area (Å²) in [6, 6.07) is 16.8. The second kappa shape index (κ2) is 7.89. The van der Waals surface area contributed by atoms with Crippen molar-refractivity contribution < 1.29 is 4.79 Å². The number of carbonyl (C=O) groups excluding carboxylic acids is 1. The minimum Gasteiger partial charge on any atom is -0.361 e. The maximum absolute atomic E-state index is 12.9. The Labute approximate surface area is 155 Å². The average Bonchev–Trinajstić information content (AvgIpc) is 2.84. The van der Waals surface area contributed by atoms with Crippen molar-refractivity contribution in [2.75, 3.05) is 31.1 Å². The van der Waals surface area contributed by atoms with E-state index in [1.54, 1.807) is 0 Å². The van der Waals surface area contributed by atoms with E-state index in [1.165, 1.54) is 22.4 Å². The summed E-state index contributed by atoms with van der Waals surface area (Å²) in [4.78, 5) is 17.1. The molecular weight excluding hydrogens is 334 g/mol. The molecule has 1 N–H and O–H groups in total. The van der Waals surface area contributed by atoms with Crippen LogP contribution < -0.4 is 10.2 Å². The zero-order chi connectivity index (χ0) is 16.4. The van der Waals surface area contributed by atoms with Gasteiger partial charge in [-0.2, -0.15) is 0 Å². The Morgan fingerprint density at radius 1 is 0.960 bits per heavy atom. The van der Waals surface area contributed by atoms with Crippen LogP contribution in [0.25, 0.3) is 0 Å². The highest BCUT2D eigenvalue weighted by Crippen LogP contribution is 2.23. The van der Waals surface area contributed by atoms with E-state index in [0.717, 1.165) is 39.1 Å². The molecule has 0 saturated carbocycles. The molecule has 0 radical (unpaired) electrons. The van der Waals surface area contributed by atoms with Gasteiger partial charge < -0.3 is 15.1 Å². The monoisotopic (exact) mass is 357 g/mol. The molecule has 2 aromatic carbocycles. The molecule has 2 aliphatic rings. The lowest BCUT2D eigenvalue weighted by Crippen LogP contribution is -2.43. The van der Waals surface area contributed by atoms with E-state index < -0.39 is 0 Å². The molecule has 2 aliphatic heterocycles. The van der Waals surface area contributed by atoms with Gasteiger partial charge in [0.1, 0.15) is 0 Å². The fraction of sp³-hybridized carbons (Fsp3) is 0.350. The third-order valence-electron chi connectivity index (χ3n) is 5.02. The molecule has 4 nitrogen and oxygen atoms in total. The highest BCUT2D eigenvalue weighted by molar-refractivity contribution is 5.85. The van der Waals surface area contributed by atoms with Crippen LogP contribution in [0.15, 0.2) is 48.5 Å². The number of anilines is 1. The van der Waals surface area contributed by atoms with Crippen LogP contribution in [0, 0.1) is 0 Å². The maximum atomic E-state index is 12.9. The van der Waals surface area contributed by atoms with Crippen LogP contribution >= 0.6 is 12.4 Å². The fourth-order valence-corrected chi connectivity index (χ4v) is 3.66. The van der Waals surface area contributed by atoms with Crippen molar-refractivity contribution in [3.05, 3.63) is 65.2 Å². The molecule has 2 aromatic rings. The predicted octanol–water partition coefficient (Wildman–Crippen LogP) is 2.60. The highest BCUT2D eigenvalue weighted by Gasteiger charge is 2.23. The van der Waals surface area contributed by atoms with Crippen molar-refractivity contribution >= 4 is 24.0 Å². The van der Waals surface area contributed by atoms with Gasteiger partial charge in [-0.3, -0.25) is 4.79 Å². The molecule has 0 fully saturated rings. The summed E-state index contributed by atoms with van der Waals surface area (Å²) in [5, 5.41) is 3.43. The largest absolute Gasteiger partial charge is 0.361 e. The molecule has 1 amide bonds. The summed E-state index contributed by atoms with van der Waals surface area (Å²) >= 11 is 0. The van der Waals surface area contributed by atoms with Crippen LogP contribution in [0.5, 0.6) is 0 Å².